The summed E-state index contributed by atoms with van der Waals surface area (Å²) in [6.07, 6.45) is 1.36. The summed E-state index contributed by atoms with van der Waals surface area (Å²) in [7, 11) is 1.56. The molecule has 160 valence electrons. The largest absolute Gasteiger partial charge is 0.383 e. The minimum atomic E-state index is -0.513. The Labute approximate surface area is 180 Å². The molecule has 8 heteroatoms. The lowest BCUT2D eigenvalue weighted by atomic mass is 10.1. The minimum Gasteiger partial charge on any atom is -0.383 e. The number of rotatable bonds is 7. The van der Waals surface area contributed by atoms with Crippen LogP contribution in [0.5, 0.6) is 0 Å². The van der Waals surface area contributed by atoms with E-state index in [0.29, 0.717) is 48.5 Å². The van der Waals surface area contributed by atoms with Crippen molar-refractivity contribution in [1.82, 2.24) is 10.2 Å². The molecule has 1 heterocycles. The number of nitrogens with one attached hydrogen (secondary N) is 2. The molecule has 0 radical (unpaired) electrons. The summed E-state index contributed by atoms with van der Waals surface area (Å²) in [6.45, 7) is 1.31. The van der Waals surface area contributed by atoms with Gasteiger partial charge in [0.05, 0.1) is 18.2 Å². The van der Waals surface area contributed by atoms with E-state index in [-0.39, 0.29) is 17.7 Å². The molecule has 2 aromatic rings. The Balaban J connectivity index is 1.68. The molecule has 8 nitrogen and oxygen atoms in total. The second-order valence-corrected chi connectivity index (χ2v) is 7.16. The van der Waals surface area contributed by atoms with Crippen LogP contribution in [0.1, 0.15) is 39.1 Å². The highest BCUT2D eigenvalue weighted by atomic mass is 16.5. The van der Waals surface area contributed by atoms with Gasteiger partial charge in [-0.2, -0.15) is 5.26 Å². The van der Waals surface area contributed by atoms with E-state index in [1.165, 1.54) is 0 Å². The highest BCUT2D eigenvalue weighted by molar-refractivity contribution is 6.05. The molecule has 2 N–H and O–H groups in total. The Morgan fingerprint density at radius 1 is 1.16 bits per heavy atom. The standard InChI is InChI=1S/C23H24N4O4/c1-31-13-11-25-22(29)20-6-3-12-27(20)23(30)18-4-2-5-19(14-18)26-21(28)17-9-7-16(15-24)8-10-17/h2,4-5,7-10,14,20H,3,6,11-13H2,1H3,(H,25,29)(H,26,28). The number of amides is 3. The van der Waals surface area contributed by atoms with E-state index in [2.05, 4.69) is 10.6 Å². The topological polar surface area (TPSA) is 112 Å². The van der Waals surface area contributed by atoms with Crippen molar-refractivity contribution in [3.05, 3.63) is 65.2 Å². The number of carbonyl (C=O) groups is 3. The van der Waals surface area contributed by atoms with Crippen molar-refractivity contribution in [2.75, 3.05) is 32.1 Å². The molecule has 0 aromatic heterocycles. The Morgan fingerprint density at radius 2 is 1.94 bits per heavy atom. The van der Waals surface area contributed by atoms with Gasteiger partial charge in [0.25, 0.3) is 11.8 Å². The van der Waals surface area contributed by atoms with Crippen LogP contribution in [0.25, 0.3) is 0 Å². The fourth-order valence-electron chi connectivity index (χ4n) is 3.47. The Hall–Kier alpha value is -3.70. The lowest BCUT2D eigenvalue weighted by molar-refractivity contribution is -0.125. The molecule has 1 aliphatic heterocycles. The number of ether oxygens (including phenoxy) is 1. The van der Waals surface area contributed by atoms with Crippen LogP contribution in [0.3, 0.4) is 0 Å². The van der Waals surface area contributed by atoms with E-state index in [1.807, 2.05) is 6.07 Å². The highest BCUT2D eigenvalue weighted by Crippen LogP contribution is 2.22. The van der Waals surface area contributed by atoms with Gasteiger partial charge >= 0.3 is 0 Å². The smallest absolute Gasteiger partial charge is 0.255 e. The monoisotopic (exact) mass is 420 g/mol. The molecule has 1 aliphatic rings. The fourth-order valence-corrected chi connectivity index (χ4v) is 3.47. The van der Waals surface area contributed by atoms with E-state index in [4.69, 9.17) is 10.00 Å². The molecule has 1 fully saturated rings. The normalized spacial score (nSPS) is 15.2. The molecule has 3 amide bonds. The van der Waals surface area contributed by atoms with E-state index < -0.39 is 6.04 Å². The maximum absolute atomic E-state index is 13.0. The van der Waals surface area contributed by atoms with Crippen LogP contribution in [-0.4, -0.2) is 55.5 Å². The first-order valence-corrected chi connectivity index (χ1v) is 10.0. The number of hydrogen-bond acceptors (Lipinski definition) is 5. The summed E-state index contributed by atoms with van der Waals surface area (Å²) in [6, 6.07) is 14.4. The van der Waals surface area contributed by atoms with Crippen molar-refractivity contribution in [1.29, 1.82) is 5.26 Å². The van der Waals surface area contributed by atoms with Crippen molar-refractivity contribution in [2.45, 2.75) is 18.9 Å². The van der Waals surface area contributed by atoms with E-state index >= 15 is 0 Å². The maximum Gasteiger partial charge on any atom is 0.255 e. The summed E-state index contributed by atoms with van der Waals surface area (Å²) in [5.41, 5.74) is 1.74. The van der Waals surface area contributed by atoms with E-state index in [1.54, 1.807) is 60.5 Å². The van der Waals surface area contributed by atoms with Crippen molar-refractivity contribution >= 4 is 23.4 Å². The molecule has 0 saturated carbocycles. The Bertz CT molecular complexity index is 997. The van der Waals surface area contributed by atoms with Crippen LogP contribution in [0.15, 0.2) is 48.5 Å². The van der Waals surface area contributed by atoms with Crippen LogP contribution in [0, 0.1) is 11.3 Å². The number of carbonyl (C=O) groups excluding carboxylic acids is 3. The third-order valence-electron chi connectivity index (χ3n) is 5.07. The quantitative estimate of drug-likeness (QED) is 0.667. The number of nitriles is 1. The van der Waals surface area contributed by atoms with Gasteiger partial charge in [-0.05, 0) is 55.3 Å². The van der Waals surface area contributed by atoms with Gasteiger partial charge in [-0.15, -0.1) is 0 Å². The van der Waals surface area contributed by atoms with Crippen molar-refractivity contribution < 1.29 is 19.1 Å². The first-order valence-electron chi connectivity index (χ1n) is 10.0. The van der Waals surface area contributed by atoms with Crippen LogP contribution >= 0.6 is 0 Å². The third-order valence-corrected chi connectivity index (χ3v) is 5.07. The molecule has 0 bridgehead atoms. The average Bonchev–Trinajstić information content (AvgIpc) is 3.29. The first kappa shape index (κ1) is 22.0. The summed E-state index contributed by atoms with van der Waals surface area (Å²) >= 11 is 0. The lowest BCUT2D eigenvalue weighted by Crippen LogP contribution is -2.46. The number of nitrogens with zero attached hydrogens (tertiary/aromatic N) is 2. The SMILES string of the molecule is COCCNC(=O)C1CCCN1C(=O)c1cccc(NC(=O)c2ccc(C#N)cc2)c1. The maximum atomic E-state index is 13.0. The van der Waals surface area contributed by atoms with Crippen molar-refractivity contribution in [3.63, 3.8) is 0 Å². The van der Waals surface area contributed by atoms with Gasteiger partial charge in [0.2, 0.25) is 5.91 Å². The zero-order valence-electron chi connectivity index (χ0n) is 17.3. The average molecular weight is 420 g/mol. The predicted molar refractivity (Wildman–Crippen MR) is 114 cm³/mol. The Kier molecular flexibility index (Phi) is 7.35. The van der Waals surface area contributed by atoms with E-state index in [9.17, 15) is 14.4 Å². The zero-order valence-corrected chi connectivity index (χ0v) is 17.3. The molecule has 1 saturated heterocycles. The fraction of sp³-hybridized carbons (Fsp3) is 0.304. The van der Waals surface area contributed by atoms with Crippen LogP contribution in [-0.2, 0) is 9.53 Å². The van der Waals surface area contributed by atoms with Crippen molar-refractivity contribution in [2.24, 2.45) is 0 Å². The number of likely N-dealkylation sites (tertiary alicyclic amines) is 1. The van der Waals surface area contributed by atoms with Crippen LogP contribution in [0.2, 0.25) is 0 Å². The first-order chi connectivity index (χ1) is 15.0. The molecule has 1 unspecified atom stereocenters. The molecule has 3 rings (SSSR count). The Morgan fingerprint density at radius 3 is 2.65 bits per heavy atom. The van der Waals surface area contributed by atoms with E-state index in [0.717, 1.165) is 6.42 Å². The lowest BCUT2D eigenvalue weighted by Gasteiger charge is -2.24. The number of benzene rings is 2. The summed E-state index contributed by atoms with van der Waals surface area (Å²) < 4.78 is 4.94. The van der Waals surface area contributed by atoms with Gasteiger partial charge in [0, 0.05) is 37.0 Å². The van der Waals surface area contributed by atoms with Gasteiger partial charge in [-0.25, -0.2) is 0 Å². The third kappa shape index (κ3) is 5.47. The second-order valence-electron chi connectivity index (χ2n) is 7.16. The zero-order chi connectivity index (χ0) is 22.2. The van der Waals surface area contributed by atoms with Gasteiger partial charge in [0.15, 0.2) is 0 Å². The number of methoxy groups -OCH3 is 1. The predicted octanol–water partition coefficient (Wildman–Crippen LogP) is 2.18. The molecule has 31 heavy (non-hydrogen) atoms. The highest BCUT2D eigenvalue weighted by Gasteiger charge is 2.34. The summed E-state index contributed by atoms with van der Waals surface area (Å²) in [5, 5.41) is 14.4. The van der Waals surface area contributed by atoms with Crippen molar-refractivity contribution in [3.8, 4) is 6.07 Å². The molecular weight excluding hydrogens is 396 g/mol. The van der Waals surface area contributed by atoms with Crippen LogP contribution in [0.4, 0.5) is 5.69 Å². The molecule has 2 aromatic carbocycles. The minimum absolute atomic E-state index is 0.187. The number of hydrogen-bond donors (Lipinski definition) is 2. The summed E-state index contributed by atoms with van der Waals surface area (Å²) in [5.74, 6) is -0.780. The molecular formula is C23H24N4O4. The molecule has 1 atom stereocenters. The molecule has 0 spiro atoms. The number of anilines is 1. The summed E-state index contributed by atoms with van der Waals surface area (Å²) in [4.78, 5) is 39.5. The van der Waals surface area contributed by atoms with Gasteiger partial charge in [0.1, 0.15) is 6.04 Å². The van der Waals surface area contributed by atoms with Gasteiger partial charge in [-0.1, -0.05) is 6.07 Å². The second kappa shape index (κ2) is 10.4. The van der Waals surface area contributed by atoms with Gasteiger partial charge < -0.3 is 20.3 Å². The van der Waals surface area contributed by atoms with Crippen LogP contribution < -0.4 is 10.6 Å². The van der Waals surface area contributed by atoms with Gasteiger partial charge in [-0.3, -0.25) is 14.4 Å². The molecule has 0 aliphatic carbocycles.